The Bertz CT molecular complexity index is 970. The average Bonchev–Trinajstić information content (AvgIpc) is 3.05. The van der Waals surface area contributed by atoms with Gasteiger partial charge in [0.15, 0.2) is 0 Å². The summed E-state index contributed by atoms with van der Waals surface area (Å²) in [5, 5.41) is 1.15. The first kappa shape index (κ1) is 18.6. The Labute approximate surface area is 158 Å². The molecule has 0 aliphatic heterocycles. The number of methoxy groups -OCH3 is 2. The Morgan fingerprint density at radius 1 is 1.07 bits per heavy atom. The molecule has 6 nitrogen and oxygen atoms in total. The fourth-order valence-electron chi connectivity index (χ4n) is 3.13. The topological polar surface area (TPSA) is 75.4 Å². The quantitative estimate of drug-likeness (QED) is 0.578. The van der Waals surface area contributed by atoms with E-state index in [4.69, 9.17) is 4.74 Å². The van der Waals surface area contributed by atoms with Crippen molar-refractivity contribution in [3.8, 4) is 16.9 Å². The van der Waals surface area contributed by atoms with Crippen molar-refractivity contribution in [2.24, 2.45) is 0 Å². The number of fused-ring (bicyclic) bond motifs is 1. The van der Waals surface area contributed by atoms with Gasteiger partial charge in [-0.15, -0.1) is 0 Å². The lowest BCUT2D eigenvalue weighted by Crippen LogP contribution is -2.28. The van der Waals surface area contributed by atoms with Gasteiger partial charge in [-0.3, -0.25) is 5.43 Å². The minimum atomic E-state index is -0.565. The Balaban J connectivity index is 2.12. The van der Waals surface area contributed by atoms with Crippen LogP contribution in [0.4, 0.5) is 10.5 Å². The third kappa shape index (κ3) is 3.69. The second-order valence-electron chi connectivity index (χ2n) is 7.33. The predicted molar refractivity (Wildman–Crippen MR) is 108 cm³/mol. The van der Waals surface area contributed by atoms with Crippen LogP contribution in [0.25, 0.3) is 22.0 Å². The van der Waals surface area contributed by atoms with Crippen LogP contribution < -0.4 is 15.6 Å². The molecule has 0 saturated carbocycles. The zero-order valence-corrected chi connectivity index (χ0v) is 16.3. The number of para-hydroxylation sites is 1. The number of hydrazine groups is 1. The van der Waals surface area contributed by atoms with Crippen molar-refractivity contribution in [2.45, 2.75) is 26.2 Å². The van der Waals surface area contributed by atoms with Gasteiger partial charge in [-0.1, -0.05) is 39.0 Å². The van der Waals surface area contributed by atoms with Gasteiger partial charge in [-0.25, -0.2) is 10.2 Å². The lowest BCUT2D eigenvalue weighted by Gasteiger charge is -2.21. The predicted octanol–water partition coefficient (Wildman–Crippen LogP) is 4.82. The van der Waals surface area contributed by atoms with E-state index < -0.39 is 6.09 Å². The minimum Gasteiger partial charge on any atom is -0.496 e. The summed E-state index contributed by atoms with van der Waals surface area (Å²) in [6, 6.07) is 14.0. The molecule has 0 bridgehead atoms. The van der Waals surface area contributed by atoms with Crippen LogP contribution in [0.3, 0.4) is 0 Å². The molecule has 3 rings (SSSR count). The number of H-pyrrole nitrogens is 1. The van der Waals surface area contributed by atoms with Crippen LogP contribution in [0.15, 0.2) is 42.5 Å². The van der Waals surface area contributed by atoms with Crippen molar-refractivity contribution in [3.05, 3.63) is 48.2 Å². The van der Waals surface area contributed by atoms with E-state index in [1.165, 1.54) is 7.11 Å². The highest BCUT2D eigenvalue weighted by Gasteiger charge is 2.25. The summed E-state index contributed by atoms with van der Waals surface area (Å²) >= 11 is 0. The van der Waals surface area contributed by atoms with Crippen LogP contribution in [-0.4, -0.2) is 25.3 Å². The number of ether oxygens (including phenoxy) is 2. The Kier molecular flexibility index (Phi) is 4.99. The molecule has 3 N–H and O–H groups in total. The molecule has 0 unspecified atom stereocenters. The number of carbonyl (C=O) groups excluding carboxylic acids is 1. The smallest absolute Gasteiger partial charge is 0.425 e. The molecule has 0 spiro atoms. The highest BCUT2D eigenvalue weighted by molar-refractivity contribution is 5.99. The first-order chi connectivity index (χ1) is 12.8. The number of rotatable bonds is 4. The zero-order valence-electron chi connectivity index (χ0n) is 16.3. The number of anilines is 1. The van der Waals surface area contributed by atoms with E-state index in [0.29, 0.717) is 11.4 Å². The van der Waals surface area contributed by atoms with E-state index >= 15 is 0 Å². The lowest BCUT2D eigenvalue weighted by atomic mass is 9.86. The standard InChI is InChI=1S/C21H25N3O3/c1-21(2,3)19-18(14-8-6-7-9-16(14)22-19)15-11-10-13(12-17(15)26-4)23-24-20(25)27-5/h6-12,22-23H,1-5H3,(H,24,25). The summed E-state index contributed by atoms with van der Waals surface area (Å²) in [6.45, 7) is 6.55. The molecule has 1 heterocycles. The molecule has 1 aromatic heterocycles. The molecular formula is C21H25N3O3. The fraction of sp³-hybridized carbons (Fsp3) is 0.286. The number of benzene rings is 2. The largest absolute Gasteiger partial charge is 0.496 e. The molecule has 6 heteroatoms. The molecule has 0 atom stereocenters. The SMILES string of the molecule is COC(=O)NNc1ccc(-c2c(C(C)(C)C)[nH]c3ccccc23)c(OC)c1. The van der Waals surface area contributed by atoms with Crippen LogP contribution in [0.2, 0.25) is 0 Å². The number of amides is 1. The minimum absolute atomic E-state index is 0.0667. The maximum Gasteiger partial charge on any atom is 0.425 e. The average molecular weight is 367 g/mol. The number of nitrogens with one attached hydrogen (secondary N) is 3. The van der Waals surface area contributed by atoms with E-state index in [9.17, 15) is 4.79 Å². The zero-order chi connectivity index (χ0) is 19.6. The Morgan fingerprint density at radius 3 is 2.48 bits per heavy atom. The summed E-state index contributed by atoms with van der Waals surface area (Å²) in [4.78, 5) is 14.8. The van der Waals surface area contributed by atoms with Gasteiger partial charge in [0.25, 0.3) is 0 Å². The molecule has 27 heavy (non-hydrogen) atoms. The Hall–Kier alpha value is -3.15. The molecular weight excluding hydrogens is 342 g/mol. The highest BCUT2D eigenvalue weighted by Crippen LogP contribution is 2.42. The van der Waals surface area contributed by atoms with Gasteiger partial charge in [-0.2, -0.15) is 0 Å². The molecule has 0 radical (unpaired) electrons. The summed E-state index contributed by atoms with van der Waals surface area (Å²) in [5.74, 6) is 0.710. The van der Waals surface area contributed by atoms with Gasteiger partial charge in [-0.05, 0) is 18.2 Å². The van der Waals surface area contributed by atoms with Crippen molar-refractivity contribution in [1.82, 2.24) is 10.4 Å². The number of hydrogen-bond acceptors (Lipinski definition) is 4. The van der Waals surface area contributed by atoms with Crippen LogP contribution in [0.1, 0.15) is 26.5 Å². The van der Waals surface area contributed by atoms with E-state index in [-0.39, 0.29) is 5.41 Å². The fourth-order valence-corrected chi connectivity index (χ4v) is 3.13. The molecule has 2 aromatic carbocycles. The highest BCUT2D eigenvalue weighted by atomic mass is 16.5. The summed E-state index contributed by atoms with van der Waals surface area (Å²) < 4.78 is 10.2. The summed E-state index contributed by atoms with van der Waals surface area (Å²) in [6.07, 6.45) is -0.565. The first-order valence-corrected chi connectivity index (χ1v) is 8.74. The second-order valence-corrected chi connectivity index (χ2v) is 7.33. The maximum absolute atomic E-state index is 11.3. The van der Waals surface area contributed by atoms with Crippen molar-refractivity contribution < 1.29 is 14.3 Å². The van der Waals surface area contributed by atoms with Gasteiger partial charge in [0, 0.05) is 39.2 Å². The molecule has 0 aliphatic rings. The monoisotopic (exact) mass is 367 g/mol. The molecule has 142 valence electrons. The number of aromatic amines is 1. The molecule has 0 fully saturated rings. The summed E-state index contributed by atoms with van der Waals surface area (Å²) in [5.41, 5.74) is 10.2. The van der Waals surface area contributed by atoms with Crippen molar-refractivity contribution in [3.63, 3.8) is 0 Å². The normalized spacial score (nSPS) is 11.3. The molecule has 0 saturated heterocycles. The second kappa shape index (κ2) is 7.23. The van der Waals surface area contributed by atoms with Crippen molar-refractivity contribution in [1.29, 1.82) is 0 Å². The van der Waals surface area contributed by atoms with Gasteiger partial charge in [0.05, 0.1) is 19.9 Å². The van der Waals surface area contributed by atoms with Crippen molar-refractivity contribution >= 4 is 22.7 Å². The maximum atomic E-state index is 11.3. The van der Waals surface area contributed by atoms with Crippen LogP contribution in [0.5, 0.6) is 5.75 Å². The van der Waals surface area contributed by atoms with E-state index in [0.717, 1.165) is 27.7 Å². The van der Waals surface area contributed by atoms with Crippen LogP contribution >= 0.6 is 0 Å². The van der Waals surface area contributed by atoms with Crippen LogP contribution in [0, 0.1) is 0 Å². The first-order valence-electron chi connectivity index (χ1n) is 8.74. The third-order valence-corrected chi connectivity index (χ3v) is 4.42. The van der Waals surface area contributed by atoms with Gasteiger partial charge >= 0.3 is 6.09 Å². The van der Waals surface area contributed by atoms with Gasteiger partial charge in [0.2, 0.25) is 0 Å². The van der Waals surface area contributed by atoms with E-state index in [1.54, 1.807) is 7.11 Å². The van der Waals surface area contributed by atoms with Gasteiger partial charge in [0.1, 0.15) is 5.75 Å². The molecule has 3 aromatic rings. The molecule has 0 aliphatic carbocycles. The summed E-state index contributed by atoms with van der Waals surface area (Å²) in [7, 11) is 2.95. The molecule has 1 amide bonds. The van der Waals surface area contributed by atoms with E-state index in [1.807, 2.05) is 30.3 Å². The lowest BCUT2D eigenvalue weighted by molar-refractivity contribution is 0.173. The van der Waals surface area contributed by atoms with Gasteiger partial charge < -0.3 is 14.5 Å². The number of aromatic nitrogens is 1. The third-order valence-electron chi connectivity index (χ3n) is 4.42. The number of hydrogen-bond donors (Lipinski definition) is 3. The van der Waals surface area contributed by atoms with Crippen LogP contribution in [-0.2, 0) is 10.2 Å². The van der Waals surface area contributed by atoms with Crippen molar-refractivity contribution in [2.75, 3.05) is 19.6 Å². The van der Waals surface area contributed by atoms with E-state index in [2.05, 4.69) is 53.5 Å². The number of carbonyl (C=O) groups is 1. The Morgan fingerprint density at radius 2 is 1.81 bits per heavy atom.